The van der Waals surface area contributed by atoms with Gasteiger partial charge in [0.2, 0.25) is 5.91 Å². The number of primary amides is 1. The van der Waals surface area contributed by atoms with Crippen LogP contribution in [0.1, 0.15) is 20.3 Å². The molecule has 4 heteroatoms. The summed E-state index contributed by atoms with van der Waals surface area (Å²) in [5, 5.41) is 2.96. The number of hydrogen-bond donors (Lipinski definition) is 2. The van der Waals surface area contributed by atoms with Gasteiger partial charge in [-0.05, 0) is 13.0 Å². The standard InChI is InChI=1S/C6H14N2O.ClH/c1-3-5(6(7)9)8-4-2;/h5,8H,3-4H2,1-2H3,(H2,7,9);1H. The van der Waals surface area contributed by atoms with Crippen molar-refractivity contribution in [3.63, 3.8) is 0 Å². The van der Waals surface area contributed by atoms with Crippen molar-refractivity contribution in [1.29, 1.82) is 0 Å². The van der Waals surface area contributed by atoms with E-state index in [1.165, 1.54) is 0 Å². The molecule has 3 nitrogen and oxygen atoms in total. The van der Waals surface area contributed by atoms with Gasteiger partial charge in [-0.1, -0.05) is 13.8 Å². The van der Waals surface area contributed by atoms with E-state index in [2.05, 4.69) is 5.32 Å². The predicted octanol–water partition coefficient (Wildman–Crippen LogP) is 0.282. The Labute approximate surface area is 67.8 Å². The molecule has 0 radical (unpaired) electrons. The van der Waals surface area contributed by atoms with E-state index in [1.54, 1.807) is 0 Å². The highest BCUT2D eigenvalue weighted by Gasteiger charge is 2.08. The minimum atomic E-state index is -0.264. The Kier molecular flexibility index (Phi) is 8.48. The van der Waals surface area contributed by atoms with E-state index in [-0.39, 0.29) is 24.4 Å². The number of halogens is 1. The number of nitrogens with one attached hydrogen (secondary N) is 1. The lowest BCUT2D eigenvalue weighted by Crippen LogP contribution is -2.40. The quantitative estimate of drug-likeness (QED) is 0.631. The number of likely N-dealkylation sites (N-methyl/N-ethyl adjacent to an activating group) is 1. The zero-order valence-corrected chi connectivity index (χ0v) is 7.20. The molecule has 0 fully saturated rings. The molecule has 62 valence electrons. The highest BCUT2D eigenvalue weighted by Crippen LogP contribution is 1.86. The van der Waals surface area contributed by atoms with Crippen molar-refractivity contribution in [2.24, 2.45) is 5.73 Å². The lowest BCUT2D eigenvalue weighted by atomic mass is 10.2. The Balaban J connectivity index is 0. The molecular formula is C6H15ClN2O. The molecular weight excluding hydrogens is 152 g/mol. The largest absolute Gasteiger partial charge is 0.368 e. The van der Waals surface area contributed by atoms with Crippen molar-refractivity contribution < 1.29 is 4.79 Å². The third-order valence-corrected chi connectivity index (χ3v) is 1.20. The average Bonchev–Trinajstić information content (AvgIpc) is 1.82. The monoisotopic (exact) mass is 166 g/mol. The van der Waals surface area contributed by atoms with Crippen molar-refractivity contribution in [2.45, 2.75) is 26.3 Å². The van der Waals surface area contributed by atoms with Crippen LogP contribution in [0.2, 0.25) is 0 Å². The molecule has 0 saturated carbocycles. The third kappa shape index (κ3) is 4.58. The van der Waals surface area contributed by atoms with Crippen molar-refractivity contribution in [3.05, 3.63) is 0 Å². The lowest BCUT2D eigenvalue weighted by molar-refractivity contribution is -0.120. The van der Waals surface area contributed by atoms with Crippen LogP contribution >= 0.6 is 12.4 Å². The molecule has 3 N–H and O–H groups in total. The van der Waals surface area contributed by atoms with Crippen LogP contribution in [-0.4, -0.2) is 18.5 Å². The van der Waals surface area contributed by atoms with Crippen LogP contribution < -0.4 is 11.1 Å². The molecule has 0 aliphatic heterocycles. The summed E-state index contributed by atoms with van der Waals surface area (Å²) in [6.45, 7) is 4.67. The molecule has 0 aliphatic rings. The second-order valence-electron chi connectivity index (χ2n) is 1.92. The van der Waals surface area contributed by atoms with Gasteiger partial charge in [0.1, 0.15) is 0 Å². The maximum atomic E-state index is 10.5. The van der Waals surface area contributed by atoms with Gasteiger partial charge >= 0.3 is 0 Å². The van der Waals surface area contributed by atoms with Gasteiger partial charge in [0.25, 0.3) is 0 Å². The fourth-order valence-electron chi connectivity index (χ4n) is 0.693. The van der Waals surface area contributed by atoms with Gasteiger partial charge in [0.05, 0.1) is 6.04 Å². The first-order chi connectivity index (χ1) is 4.22. The van der Waals surface area contributed by atoms with E-state index in [1.807, 2.05) is 13.8 Å². The minimum Gasteiger partial charge on any atom is -0.368 e. The Morgan fingerprint density at radius 1 is 1.60 bits per heavy atom. The Morgan fingerprint density at radius 3 is 2.20 bits per heavy atom. The van der Waals surface area contributed by atoms with Crippen LogP contribution in [0.5, 0.6) is 0 Å². The summed E-state index contributed by atoms with van der Waals surface area (Å²) in [7, 11) is 0. The van der Waals surface area contributed by atoms with Crippen molar-refractivity contribution in [1.82, 2.24) is 5.32 Å². The summed E-state index contributed by atoms with van der Waals surface area (Å²) in [4.78, 5) is 10.5. The minimum absolute atomic E-state index is 0. The third-order valence-electron chi connectivity index (χ3n) is 1.20. The zero-order valence-electron chi connectivity index (χ0n) is 6.39. The number of rotatable bonds is 4. The lowest BCUT2D eigenvalue weighted by Gasteiger charge is -2.09. The summed E-state index contributed by atoms with van der Waals surface area (Å²) in [6, 6.07) is -0.144. The predicted molar refractivity (Wildman–Crippen MR) is 44.2 cm³/mol. The van der Waals surface area contributed by atoms with Gasteiger partial charge in [0, 0.05) is 0 Å². The van der Waals surface area contributed by atoms with Crippen molar-refractivity contribution in [2.75, 3.05) is 6.54 Å². The van der Waals surface area contributed by atoms with E-state index in [0.29, 0.717) is 0 Å². The van der Waals surface area contributed by atoms with E-state index >= 15 is 0 Å². The molecule has 0 saturated heterocycles. The highest BCUT2D eigenvalue weighted by molar-refractivity contribution is 5.85. The van der Waals surface area contributed by atoms with Crippen LogP contribution in [0, 0.1) is 0 Å². The van der Waals surface area contributed by atoms with Gasteiger partial charge in [-0.3, -0.25) is 4.79 Å². The van der Waals surface area contributed by atoms with Crippen LogP contribution in [0.15, 0.2) is 0 Å². The molecule has 0 aromatic rings. The number of carbonyl (C=O) groups is 1. The van der Waals surface area contributed by atoms with E-state index < -0.39 is 0 Å². The second kappa shape index (κ2) is 6.83. The number of carbonyl (C=O) groups excluding carboxylic acids is 1. The van der Waals surface area contributed by atoms with Crippen LogP contribution in [0.25, 0.3) is 0 Å². The molecule has 0 heterocycles. The first-order valence-electron chi connectivity index (χ1n) is 3.25. The van der Waals surface area contributed by atoms with Crippen molar-refractivity contribution in [3.8, 4) is 0 Å². The van der Waals surface area contributed by atoms with E-state index in [0.717, 1.165) is 13.0 Å². The van der Waals surface area contributed by atoms with E-state index in [4.69, 9.17) is 5.73 Å². The molecule has 0 bridgehead atoms. The fourth-order valence-corrected chi connectivity index (χ4v) is 0.693. The molecule has 1 atom stereocenters. The first-order valence-corrected chi connectivity index (χ1v) is 3.25. The summed E-state index contributed by atoms with van der Waals surface area (Å²) < 4.78 is 0. The number of nitrogens with two attached hydrogens (primary N) is 1. The summed E-state index contributed by atoms with van der Waals surface area (Å²) >= 11 is 0. The SMILES string of the molecule is CCNC(CC)C(N)=O.Cl. The molecule has 0 aromatic heterocycles. The Bertz CT molecular complexity index is 97.7. The molecule has 0 aliphatic carbocycles. The van der Waals surface area contributed by atoms with Gasteiger partial charge in [0.15, 0.2) is 0 Å². The molecule has 10 heavy (non-hydrogen) atoms. The second-order valence-corrected chi connectivity index (χ2v) is 1.92. The average molecular weight is 167 g/mol. The fraction of sp³-hybridized carbons (Fsp3) is 0.833. The van der Waals surface area contributed by atoms with Crippen LogP contribution in [0.3, 0.4) is 0 Å². The maximum absolute atomic E-state index is 10.5. The van der Waals surface area contributed by atoms with Crippen LogP contribution in [-0.2, 0) is 4.79 Å². The Morgan fingerprint density at radius 2 is 2.10 bits per heavy atom. The van der Waals surface area contributed by atoms with E-state index in [9.17, 15) is 4.79 Å². The topological polar surface area (TPSA) is 55.1 Å². The molecule has 1 unspecified atom stereocenters. The number of amides is 1. The van der Waals surface area contributed by atoms with Gasteiger partial charge in [-0.15, -0.1) is 12.4 Å². The molecule has 0 aromatic carbocycles. The van der Waals surface area contributed by atoms with Gasteiger partial charge in [-0.2, -0.15) is 0 Å². The normalized spacial score (nSPS) is 11.8. The summed E-state index contributed by atoms with van der Waals surface area (Å²) in [5.41, 5.74) is 5.03. The number of hydrogen-bond acceptors (Lipinski definition) is 2. The maximum Gasteiger partial charge on any atom is 0.234 e. The first kappa shape index (κ1) is 12.4. The zero-order chi connectivity index (χ0) is 7.28. The molecule has 0 spiro atoms. The summed E-state index contributed by atoms with van der Waals surface area (Å²) in [6.07, 6.45) is 0.767. The smallest absolute Gasteiger partial charge is 0.234 e. The van der Waals surface area contributed by atoms with Gasteiger partial charge in [-0.25, -0.2) is 0 Å². The highest BCUT2D eigenvalue weighted by atomic mass is 35.5. The van der Waals surface area contributed by atoms with Crippen molar-refractivity contribution >= 4 is 18.3 Å². The molecule has 1 amide bonds. The van der Waals surface area contributed by atoms with Crippen LogP contribution in [0.4, 0.5) is 0 Å². The Hall–Kier alpha value is -0.280. The van der Waals surface area contributed by atoms with Gasteiger partial charge < -0.3 is 11.1 Å². The summed E-state index contributed by atoms with van der Waals surface area (Å²) in [5.74, 6) is -0.264. The molecule has 0 rings (SSSR count).